The van der Waals surface area contributed by atoms with Gasteiger partial charge in [-0.25, -0.2) is 4.98 Å². The molecule has 1 rings (SSSR count). The number of hydrogen-bond acceptors (Lipinski definition) is 3. The zero-order chi connectivity index (χ0) is 7.94. The van der Waals surface area contributed by atoms with E-state index in [9.17, 15) is 0 Å². The summed E-state index contributed by atoms with van der Waals surface area (Å²) >= 11 is 1.67. The van der Waals surface area contributed by atoms with Crippen molar-refractivity contribution in [2.75, 3.05) is 13.1 Å². The Morgan fingerprint density at radius 3 is 3.18 bits per heavy atom. The average Bonchev–Trinajstić information content (AvgIpc) is 2.50. The van der Waals surface area contributed by atoms with Gasteiger partial charge < -0.3 is 5.32 Å². The third-order valence-corrected chi connectivity index (χ3v) is 2.16. The fourth-order valence-electron chi connectivity index (χ4n) is 0.932. The van der Waals surface area contributed by atoms with Crippen LogP contribution < -0.4 is 5.32 Å². The quantitative estimate of drug-likeness (QED) is 0.680. The molecule has 0 spiro atoms. The van der Waals surface area contributed by atoms with E-state index < -0.39 is 0 Å². The maximum atomic E-state index is 4.20. The van der Waals surface area contributed by atoms with Crippen molar-refractivity contribution in [1.82, 2.24) is 10.3 Å². The van der Waals surface area contributed by atoms with Crippen LogP contribution in [0.4, 0.5) is 0 Å². The van der Waals surface area contributed by atoms with E-state index in [1.54, 1.807) is 11.3 Å². The van der Waals surface area contributed by atoms with Crippen LogP contribution in [-0.4, -0.2) is 18.1 Å². The first-order valence-corrected chi connectivity index (χ1v) is 4.95. The molecule has 0 fully saturated rings. The lowest BCUT2D eigenvalue weighted by Gasteiger charge is -1.98. The summed E-state index contributed by atoms with van der Waals surface area (Å²) in [7, 11) is 0. The van der Waals surface area contributed by atoms with Crippen LogP contribution in [0.1, 0.15) is 19.0 Å². The molecule has 0 bridgehead atoms. The van der Waals surface area contributed by atoms with Gasteiger partial charge in [-0.2, -0.15) is 0 Å². The first-order chi connectivity index (χ1) is 5.43. The van der Waals surface area contributed by atoms with Crippen molar-refractivity contribution < 1.29 is 0 Å². The molecule has 11 heavy (non-hydrogen) atoms. The van der Waals surface area contributed by atoms with Gasteiger partial charge in [-0.3, -0.25) is 0 Å². The zero-order valence-electron chi connectivity index (χ0n) is 6.84. The van der Waals surface area contributed by atoms with Crippen LogP contribution in [-0.2, 0) is 6.42 Å². The topological polar surface area (TPSA) is 24.9 Å². The molecule has 0 unspecified atom stereocenters. The number of rotatable bonds is 5. The normalized spacial score (nSPS) is 10.3. The molecule has 1 aromatic heterocycles. The first kappa shape index (κ1) is 8.68. The summed E-state index contributed by atoms with van der Waals surface area (Å²) < 4.78 is 0. The highest BCUT2D eigenvalue weighted by molar-refractivity contribution is 7.07. The van der Waals surface area contributed by atoms with E-state index in [0.717, 1.165) is 19.5 Å². The molecule has 62 valence electrons. The highest BCUT2D eigenvalue weighted by atomic mass is 32.1. The number of aromatic nitrogens is 1. The predicted octanol–water partition coefficient (Wildman–Crippen LogP) is 1.69. The van der Waals surface area contributed by atoms with Gasteiger partial charge in [0.1, 0.15) is 0 Å². The second kappa shape index (κ2) is 5.27. The fraction of sp³-hybridized carbons (Fsp3) is 0.625. The standard InChI is InChI=1S/C8H14N2S/c1-2-9-5-3-4-8-6-11-7-10-8/h6-7,9H,2-5H2,1H3. The van der Waals surface area contributed by atoms with E-state index in [1.165, 1.54) is 12.1 Å². The molecular formula is C8H14N2S. The molecule has 0 aromatic carbocycles. The van der Waals surface area contributed by atoms with Crippen LogP contribution in [0.25, 0.3) is 0 Å². The van der Waals surface area contributed by atoms with Crippen molar-refractivity contribution in [3.05, 3.63) is 16.6 Å². The Labute approximate surface area is 71.7 Å². The van der Waals surface area contributed by atoms with E-state index in [4.69, 9.17) is 0 Å². The van der Waals surface area contributed by atoms with Crippen LogP contribution >= 0.6 is 11.3 Å². The second-order valence-electron chi connectivity index (χ2n) is 2.44. The zero-order valence-corrected chi connectivity index (χ0v) is 7.66. The van der Waals surface area contributed by atoms with Crippen LogP contribution in [0.2, 0.25) is 0 Å². The van der Waals surface area contributed by atoms with Gasteiger partial charge in [0.15, 0.2) is 0 Å². The molecule has 0 saturated heterocycles. The Hall–Kier alpha value is -0.410. The van der Waals surface area contributed by atoms with Crippen LogP contribution in [0.15, 0.2) is 10.9 Å². The number of thiazole rings is 1. The van der Waals surface area contributed by atoms with Crippen molar-refractivity contribution >= 4 is 11.3 Å². The average molecular weight is 170 g/mol. The van der Waals surface area contributed by atoms with Crippen LogP contribution in [0.5, 0.6) is 0 Å². The summed E-state index contributed by atoms with van der Waals surface area (Å²) in [5.74, 6) is 0. The summed E-state index contributed by atoms with van der Waals surface area (Å²) in [5.41, 5.74) is 3.12. The van der Waals surface area contributed by atoms with Crippen molar-refractivity contribution in [2.24, 2.45) is 0 Å². The fourth-order valence-corrected chi connectivity index (χ4v) is 1.53. The molecule has 0 aliphatic heterocycles. The molecule has 3 heteroatoms. The Morgan fingerprint density at radius 2 is 2.55 bits per heavy atom. The van der Waals surface area contributed by atoms with Crippen molar-refractivity contribution in [3.8, 4) is 0 Å². The molecule has 1 N–H and O–H groups in total. The third-order valence-electron chi connectivity index (χ3n) is 1.52. The number of aryl methyl sites for hydroxylation is 1. The van der Waals surface area contributed by atoms with E-state index in [1.807, 2.05) is 5.51 Å². The molecule has 1 aromatic rings. The highest BCUT2D eigenvalue weighted by Gasteiger charge is 1.92. The summed E-state index contributed by atoms with van der Waals surface area (Å²) in [5, 5.41) is 5.40. The third kappa shape index (κ3) is 3.49. The van der Waals surface area contributed by atoms with Gasteiger partial charge in [-0.1, -0.05) is 6.92 Å². The predicted molar refractivity (Wildman–Crippen MR) is 49.0 cm³/mol. The Morgan fingerprint density at radius 1 is 1.64 bits per heavy atom. The maximum Gasteiger partial charge on any atom is 0.0794 e. The summed E-state index contributed by atoms with van der Waals surface area (Å²) in [6, 6.07) is 0. The van der Waals surface area contributed by atoms with Gasteiger partial charge in [0.05, 0.1) is 11.2 Å². The molecule has 2 nitrogen and oxygen atoms in total. The van der Waals surface area contributed by atoms with Crippen molar-refractivity contribution in [3.63, 3.8) is 0 Å². The molecule has 0 amide bonds. The molecule has 0 aliphatic rings. The minimum Gasteiger partial charge on any atom is -0.317 e. The minimum absolute atomic E-state index is 1.07. The maximum absolute atomic E-state index is 4.20. The highest BCUT2D eigenvalue weighted by Crippen LogP contribution is 2.02. The molecule has 0 aliphatic carbocycles. The number of nitrogens with one attached hydrogen (secondary N) is 1. The van der Waals surface area contributed by atoms with Crippen LogP contribution in [0, 0.1) is 0 Å². The lowest BCUT2D eigenvalue weighted by atomic mass is 10.2. The van der Waals surface area contributed by atoms with Gasteiger partial charge in [0.25, 0.3) is 0 Å². The number of nitrogens with zero attached hydrogens (tertiary/aromatic N) is 1. The van der Waals surface area contributed by atoms with Gasteiger partial charge in [-0.05, 0) is 25.9 Å². The summed E-state index contributed by atoms with van der Waals surface area (Å²) in [6.45, 7) is 4.30. The van der Waals surface area contributed by atoms with Crippen LogP contribution in [0.3, 0.4) is 0 Å². The summed E-state index contributed by atoms with van der Waals surface area (Å²) in [6.07, 6.45) is 2.30. The monoisotopic (exact) mass is 170 g/mol. The van der Waals surface area contributed by atoms with Crippen molar-refractivity contribution in [2.45, 2.75) is 19.8 Å². The largest absolute Gasteiger partial charge is 0.317 e. The molecule has 0 radical (unpaired) electrons. The first-order valence-electron chi connectivity index (χ1n) is 4.01. The molecule has 0 atom stereocenters. The Kier molecular flexibility index (Phi) is 4.16. The van der Waals surface area contributed by atoms with Gasteiger partial charge in [-0.15, -0.1) is 11.3 Å². The van der Waals surface area contributed by atoms with E-state index >= 15 is 0 Å². The Bertz CT molecular complexity index is 172. The lowest BCUT2D eigenvalue weighted by molar-refractivity contribution is 0.668. The summed E-state index contributed by atoms with van der Waals surface area (Å²) in [4.78, 5) is 4.20. The van der Waals surface area contributed by atoms with E-state index in [0.29, 0.717) is 0 Å². The molecule has 1 heterocycles. The van der Waals surface area contributed by atoms with Gasteiger partial charge in [0, 0.05) is 5.38 Å². The molecular weight excluding hydrogens is 156 g/mol. The smallest absolute Gasteiger partial charge is 0.0794 e. The van der Waals surface area contributed by atoms with E-state index in [2.05, 4.69) is 22.6 Å². The lowest BCUT2D eigenvalue weighted by Crippen LogP contribution is -2.14. The van der Waals surface area contributed by atoms with Gasteiger partial charge in [0.2, 0.25) is 0 Å². The Balaban J connectivity index is 2.04. The SMILES string of the molecule is CCNCCCc1cscn1. The van der Waals surface area contributed by atoms with Crippen molar-refractivity contribution in [1.29, 1.82) is 0 Å². The minimum atomic E-state index is 1.07. The number of hydrogen-bond donors (Lipinski definition) is 1. The molecule has 0 saturated carbocycles. The van der Waals surface area contributed by atoms with E-state index in [-0.39, 0.29) is 0 Å². The second-order valence-corrected chi connectivity index (χ2v) is 3.16. The van der Waals surface area contributed by atoms with Gasteiger partial charge >= 0.3 is 0 Å².